The van der Waals surface area contributed by atoms with Crippen LogP contribution in [0.4, 0.5) is 15.2 Å². The summed E-state index contributed by atoms with van der Waals surface area (Å²) in [6, 6.07) is 13.5. The molecule has 1 fully saturated rings. The number of pyridine rings is 1. The fourth-order valence-corrected chi connectivity index (χ4v) is 5.76. The topological polar surface area (TPSA) is 139 Å². The number of benzene rings is 2. The van der Waals surface area contributed by atoms with Crippen molar-refractivity contribution in [1.82, 2.24) is 15.2 Å². The van der Waals surface area contributed by atoms with Crippen LogP contribution in [0, 0.1) is 15.9 Å². The van der Waals surface area contributed by atoms with E-state index in [1.807, 2.05) is 0 Å². The number of nitro groups is 1. The summed E-state index contributed by atoms with van der Waals surface area (Å²) in [6.45, 7) is 0. The molecule has 0 spiro atoms. The Bertz CT molecular complexity index is 1580. The summed E-state index contributed by atoms with van der Waals surface area (Å²) < 4.78 is 14.4. The van der Waals surface area contributed by atoms with Gasteiger partial charge in [-0.3, -0.25) is 29.6 Å². The van der Waals surface area contributed by atoms with Crippen molar-refractivity contribution < 1.29 is 24.0 Å². The first-order valence-electron chi connectivity index (χ1n) is 11.0. The van der Waals surface area contributed by atoms with E-state index in [1.54, 1.807) is 18.2 Å². The molecule has 1 aliphatic heterocycles. The van der Waals surface area contributed by atoms with Crippen molar-refractivity contribution in [2.75, 3.05) is 4.90 Å². The first-order chi connectivity index (χ1) is 18.3. The lowest BCUT2D eigenvalue weighted by atomic mass is 9.95. The molecular formula is C25H16FN5O5S2. The summed E-state index contributed by atoms with van der Waals surface area (Å²) in [5.74, 6) is -2.39. The quantitative estimate of drug-likeness (QED) is 0.0648. The average Bonchev–Trinajstić information content (AvgIpc) is 3.50. The number of carbonyl (C=O) groups is 2. The first kappa shape index (κ1) is 25.2. The number of halogens is 1. The van der Waals surface area contributed by atoms with Gasteiger partial charge < -0.3 is 5.11 Å². The van der Waals surface area contributed by atoms with Crippen molar-refractivity contribution in [3.05, 3.63) is 111 Å². The van der Waals surface area contributed by atoms with Crippen LogP contribution in [-0.2, 0) is 15.3 Å². The second-order valence-corrected chi connectivity index (χ2v) is 10.2. The molecule has 1 aliphatic rings. The number of anilines is 1. The summed E-state index contributed by atoms with van der Waals surface area (Å²) in [4.78, 5) is 42.0. The molecular weight excluding hydrogens is 533 g/mol. The van der Waals surface area contributed by atoms with Crippen molar-refractivity contribution in [3.8, 4) is 0 Å². The minimum atomic E-state index is -1.12. The number of aliphatic hydroxyl groups is 1. The maximum atomic E-state index is 14.0. The molecule has 1 atom stereocenters. The number of Topliss-reactive ketones (excluding diaryl/α,β-unsaturated/α-hetero) is 1. The van der Waals surface area contributed by atoms with Crippen LogP contribution in [0.2, 0.25) is 0 Å². The molecule has 13 heteroatoms. The van der Waals surface area contributed by atoms with Crippen LogP contribution < -0.4 is 4.90 Å². The molecule has 0 aliphatic carbocycles. The number of hydrogen-bond donors (Lipinski definition) is 1. The Morgan fingerprint density at radius 2 is 1.79 bits per heavy atom. The van der Waals surface area contributed by atoms with Crippen LogP contribution in [-0.4, -0.2) is 36.9 Å². The van der Waals surface area contributed by atoms with E-state index in [2.05, 4.69) is 15.2 Å². The van der Waals surface area contributed by atoms with Crippen molar-refractivity contribution >= 4 is 51.4 Å². The highest BCUT2D eigenvalue weighted by Gasteiger charge is 2.48. The fraction of sp³-hybridized carbons (Fsp3) is 0.0800. The number of nitrogens with zero attached hydrogens (tertiary/aromatic N) is 5. The summed E-state index contributed by atoms with van der Waals surface area (Å²) in [6.07, 6.45) is 2.85. The lowest BCUT2D eigenvalue weighted by Crippen LogP contribution is -2.29. The molecule has 190 valence electrons. The van der Waals surface area contributed by atoms with Crippen LogP contribution in [0.15, 0.2) is 83.0 Å². The highest BCUT2D eigenvalue weighted by atomic mass is 32.2. The Kier molecular flexibility index (Phi) is 6.94. The Balaban J connectivity index is 1.55. The number of rotatable bonds is 7. The summed E-state index contributed by atoms with van der Waals surface area (Å²) in [5, 5.41) is 30.5. The second kappa shape index (κ2) is 10.5. The normalized spacial score (nSPS) is 16.7. The number of hydrogen-bond acceptors (Lipinski definition) is 10. The van der Waals surface area contributed by atoms with Gasteiger partial charge in [-0.15, -0.1) is 10.2 Å². The third kappa shape index (κ3) is 4.76. The highest BCUT2D eigenvalue weighted by molar-refractivity contribution is 8.00. The van der Waals surface area contributed by atoms with E-state index in [0.29, 0.717) is 15.5 Å². The lowest BCUT2D eigenvalue weighted by Gasteiger charge is -2.22. The summed E-state index contributed by atoms with van der Waals surface area (Å²) in [7, 11) is 0. The van der Waals surface area contributed by atoms with E-state index < -0.39 is 28.4 Å². The zero-order valence-electron chi connectivity index (χ0n) is 19.2. The molecule has 2 aromatic heterocycles. The molecule has 3 heterocycles. The van der Waals surface area contributed by atoms with Gasteiger partial charge in [0.05, 0.1) is 16.5 Å². The number of non-ortho nitro benzene ring substituents is 1. The third-order valence-electron chi connectivity index (χ3n) is 5.73. The van der Waals surface area contributed by atoms with Crippen LogP contribution in [0.25, 0.3) is 5.76 Å². The van der Waals surface area contributed by atoms with Gasteiger partial charge in [-0.2, -0.15) is 0 Å². The second-order valence-electron chi connectivity index (χ2n) is 7.98. The monoisotopic (exact) mass is 549 g/mol. The molecule has 1 N–H and O–H groups in total. The van der Waals surface area contributed by atoms with Crippen molar-refractivity contribution in [2.45, 2.75) is 16.1 Å². The molecule has 1 unspecified atom stereocenters. The standard InChI is InChI=1S/C25H16FN5O5S2/c26-18-4-2-1-3-16(18)13-37-25-29-28-24(38-25)30-20(14-5-7-17(8-6-14)31(35)36)19(22(33)23(30)34)21(32)15-9-11-27-12-10-15/h1-12,20,32H,13H2/b21-19+. The fourth-order valence-electron chi connectivity index (χ4n) is 3.90. The van der Waals surface area contributed by atoms with Gasteiger partial charge in [0.1, 0.15) is 11.6 Å². The Morgan fingerprint density at radius 1 is 1.08 bits per heavy atom. The SMILES string of the molecule is O=C1C(=O)N(c2nnc(SCc3ccccc3F)s2)C(c2ccc([N+](=O)[O-])cc2)/C1=C(\O)c1ccncc1. The van der Waals surface area contributed by atoms with Crippen molar-refractivity contribution in [2.24, 2.45) is 0 Å². The van der Waals surface area contributed by atoms with E-state index in [4.69, 9.17) is 0 Å². The minimum absolute atomic E-state index is 0.0836. The molecule has 1 amide bonds. The number of aromatic nitrogens is 3. The largest absolute Gasteiger partial charge is 0.507 e. The number of nitro benzene ring substituents is 1. The van der Waals surface area contributed by atoms with Gasteiger partial charge in [-0.05, 0) is 41.5 Å². The maximum Gasteiger partial charge on any atom is 0.301 e. The molecule has 10 nitrogen and oxygen atoms in total. The van der Waals surface area contributed by atoms with E-state index in [-0.39, 0.29) is 33.5 Å². The molecule has 0 radical (unpaired) electrons. The van der Waals surface area contributed by atoms with Gasteiger partial charge in [0.15, 0.2) is 4.34 Å². The molecule has 5 rings (SSSR count). The van der Waals surface area contributed by atoms with Crippen molar-refractivity contribution in [1.29, 1.82) is 0 Å². The summed E-state index contributed by atoms with van der Waals surface area (Å²) >= 11 is 2.24. The van der Waals surface area contributed by atoms with Crippen molar-refractivity contribution in [3.63, 3.8) is 0 Å². The highest BCUT2D eigenvalue weighted by Crippen LogP contribution is 2.44. The first-order valence-corrected chi connectivity index (χ1v) is 12.8. The zero-order valence-corrected chi connectivity index (χ0v) is 20.9. The van der Waals surface area contributed by atoms with E-state index >= 15 is 0 Å². The smallest absolute Gasteiger partial charge is 0.301 e. The number of carbonyl (C=O) groups excluding carboxylic acids is 2. The van der Waals surface area contributed by atoms with Gasteiger partial charge >= 0.3 is 5.91 Å². The number of thioether (sulfide) groups is 1. The zero-order chi connectivity index (χ0) is 26.8. The Labute approximate surface area is 222 Å². The van der Waals surface area contributed by atoms with Gasteiger partial charge in [-0.1, -0.05) is 41.3 Å². The van der Waals surface area contributed by atoms with Crippen LogP contribution in [0.3, 0.4) is 0 Å². The minimum Gasteiger partial charge on any atom is -0.507 e. The predicted molar refractivity (Wildman–Crippen MR) is 138 cm³/mol. The summed E-state index contributed by atoms with van der Waals surface area (Å²) in [5.41, 5.74) is 0.704. The number of ketones is 1. The number of amides is 1. The van der Waals surface area contributed by atoms with Gasteiger partial charge in [0.25, 0.3) is 11.5 Å². The van der Waals surface area contributed by atoms with Crippen LogP contribution >= 0.6 is 23.1 Å². The Hall–Kier alpha value is -4.49. The van der Waals surface area contributed by atoms with Crippen LogP contribution in [0.1, 0.15) is 22.7 Å². The molecule has 38 heavy (non-hydrogen) atoms. The maximum absolute atomic E-state index is 14.0. The molecule has 0 bridgehead atoms. The predicted octanol–water partition coefficient (Wildman–Crippen LogP) is 4.90. The molecule has 0 saturated carbocycles. The van der Waals surface area contributed by atoms with Crippen LogP contribution in [0.5, 0.6) is 0 Å². The molecule has 4 aromatic rings. The van der Waals surface area contributed by atoms with E-state index in [9.17, 15) is 29.2 Å². The van der Waals surface area contributed by atoms with E-state index in [0.717, 1.165) is 16.2 Å². The third-order valence-corrected chi connectivity index (χ3v) is 7.83. The van der Waals surface area contributed by atoms with Gasteiger partial charge in [-0.25, -0.2) is 4.39 Å². The van der Waals surface area contributed by atoms with Gasteiger partial charge in [0.2, 0.25) is 5.13 Å². The van der Waals surface area contributed by atoms with E-state index in [1.165, 1.54) is 66.6 Å². The van der Waals surface area contributed by atoms with Gasteiger partial charge in [0, 0.05) is 35.8 Å². The average molecular weight is 550 g/mol. The number of aliphatic hydroxyl groups excluding tert-OH is 1. The molecule has 2 aromatic carbocycles. The Morgan fingerprint density at radius 3 is 2.47 bits per heavy atom. The molecule has 1 saturated heterocycles. The lowest BCUT2D eigenvalue weighted by molar-refractivity contribution is -0.384.